The molecule has 0 radical (unpaired) electrons. The number of hydrogen-bond acceptors (Lipinski definition) is 3. The molecule has 0 aromatic carbocycles. The predicted octanol–water partition coefficient (Wildman–Crippen LogP) is 2.85. The van der Waals surface area contributed by atoms with Gasteiger partial charge in [0.25, 0.3) is 0 Å². The van der Waals surface area contributed by atoms with Crippen molar-refractivity contribution in [1.29, 1.82) is 0 Å². The minimum Gasteiger partial charge on any atom is -0.280 e. The predicted molar refractivity (Wildman–Crippen MR) is 66.7 cm³/mol. The summed E-state index contributed by atoms with van der Waals surface area (Å²) in [5, 5.41) is -0.261. The summed E-state index contributed by atoms with van der Waals surface area (Å²) in [5.74, 6) is 0. The van der Waals surface area contributed by atoms with Crippen LogP contribution in [-0.2, 0) is 10.0 Å². The second-order valence-corrected chi connectivity index (χ2v) is 6.61. The molecule has 0 unspecified atom stereocenters. The third-order valence-electron chi connectivity index (χ3n) is 2.01. The van der Waals surface area contributed by atoms with E-state index in [9.17, 15) is 8.42 Å². The molecule has 1 heterocycles. The molecular weight excluding hydrogens is 271 g/mol. The third-order valence-corrected chi connectivity index (χ3v) is 4.20. The molecule has 0 saturated carbocycles. The fourth-order valence-corrected chi connectivity index (χ4v) is 2.39. The summed E-state index contributed by atoms with van der Waals surface area (Å²) in [7, 11) is -3.43. The summed E-state index contributed by atoms with van der Waals surface area (Å²) >= 11 is 11.5. The number of pyridine rings is 1. The van der Waals surface area contributed by atoms with Crippen LogP contribution in [0.3, 0.4) is 0 Å². The van der Waals surface area contributed by atoms with Crippen molar-refractivity contribution in [3.05, 3.63) is 21.9 Å². The Morgan fingerprint density at radius 1 is 1.38 bits per heavy atom. The summed E-state index contributed by atoms with van der Waals surface area (Å²) in [6, 6.07) is 1.55. The maximum Gasteiger partial charge on any atom is 0.235 e. The van der Waals surface area contributed by atoms with Crippen LogP contribution in [0.25, 0.3) is 0 Å². The van der Waals surface area contributed by atoms with Crippen molar-refractivity contribution in [3.63, 3.8) is 0 Å². The average Bonchev–Trinajstić information content (AvgIpc) is 2.11. The van der Waals surface area contributed by atoms with Gasteiger partial charge < -0.3 is 0 Å². The molecule has 16 heavy (non-hydrogen) atoms. The van der Waals surface area contributed by atoms with E-state index in [-0.39, 0.29) is 16.0 Å². The van der Waals surface area contributed by atoms with Crippen LogP contribution in [0.4, 0.5) is 5.69 Å². The molecule has 0 saturated heterocycles. The van der Waals surface area contributed by atoms with Crippen molar-refractivity contribution in [2.24, 2.45) is 0 Å². The summed E-state index contributed by atoms with van der Waals surface area (Å²) in [6.45, 7) is 4.86. The van der Waals surface area contributed by atoms with Crippen LogP contribution in [0.5, 0.6) is 0 Å². The molecule has 4 nitrogen and oxygen atoms in total. The SMILES string of the molecule is Cc1cc(Cl)nc(Cl)c1NS(=O)(=O)C(C)C. The van der Waals surface area contributed by atoms with Crippen LogP contribution < -0.4 is 4.72 Å². The zero-order chi connectivity index (χ0) is 12.5. The molecule has 0 atom stereocenters. The Morgan fingerprint density at radius 3 is 2.38 bits per heavy atom. The normalized spacial score (nSPS) is 11.9. The molecule has 1 aromatic heterocycles. The molecule has 0 bridgehead atoms. The third kappa shape index (κ3) is 2.99. The maximum absolute atomic E-state index is 11.7. The fraction of sp³-hybridized carbons (Fsp3) is 0.444. The van der Waals surface area contributed by atoms with Crippen LogP contribution >= 0.6 is 23.2 Å². The Bertz CT molecular complexity index is 477. The second-order valence-electron chi connectivity index (χ2n) is 3.62. The number of aromatic nitrogens is 1. The molecule has 0 aliphatic rings. The Hall–Kier alpha value is -0.520. The smallest absolute Gasteiger partial charge is 0.235 e. The number of sulfonamides is 1. The van der Waals surface area contributed by atoms with Gasteiger partial charge in [-0.05, 0) is 32.4 Å². The van der Waals surface area contributed by atoms with Crippen LogP contribution in [-0.4, -0.2) is 18.7 Å². The number of rotatable bonds is 3. The zero-order valence-corrected chi connectivity index (χ0v) is 11.4. The highest BCUT2D eigenvalue weighted by Gasteiger charge is 2.19. The van der Waals surface area contributed by atoms with Crippen molar-refractivity contribution in [3.8, 4) is 0 Å². The van der Waals surface area contributed by atoms with E-state index in [1.807, 2.05) is 0 Å². The molecule has 0 aliphatic heterocycles. The highest BCUT2D eigenvalue weighted by atomic mass is 35.5. The molecule has 1 rings (SSSR count). The fourth-order valence-electron chi connectivity index (χ4n) is 0.978. The summed E-state index contributed by atoms with van der Waals surface area (Å²) in [4.78, 5) is 3.78. The van der Waals surface area contributed by atoms with Gasteiger partial charge >= 0.3 is 0 Å². The molecule has 7 heteroatoms. The van der Waals surface area contributed by atoms with Crippen molar-refractivity contribution in [2.75, 3.05) is 4.72 Å². The average molecular weight is 283 g/mol. The topological polar surface area (TPSA) is 59.1 Å². The highest BCUT2D eigenvalue weighted by molar-refractivity contribution is 7.93. The number of hydrogen-bond donors (Lipinski definition) is 1. The molecule has 0 fully saturated rings. The van der Waals surface area contributed by atoms with Gasteiger partial charge in [0, 0.05) is 0 Å². The quantitative estimate of drug-likeness (QED) is 0.868. The second kappa shape index (κ2) is 4.77. The Labute approximate surface area is 105 Å². The number of aryl methyl sites for hydroxylation is 1. The van der Waals surface area contributed by atoms with Crippen molar-refractivity contribution in [2.45, 2.75) is 26.0 Å². The lowest BCUT2D eigenvalue weighted by Gasteiger charge is -2.13. The molecular formula is C9H12Cl2N2O2S. The van der Waals surface area contributed by atoms with Crippen molar-refractivity contribution < 1.29 is 8.42 Å². The number of anilines is 1. The lowest BCUT2D eigenvalue weighted by Crippen LogP contribution is -2.23. The first kappa shape index (κ1) is 13.5. The number of nitrogens with zero attached hydrogens (tertiary/aromatic N) is 1. The van der Waals surface area contributed by atoms with Gasteiger partial charge in [-0.15, -0.1) is 0 Å². The summed E-state index contributed by atoms with van der Waals surface area (Å²) < 4.78 is 25.7. The Kier molecular flexibility index (Phi) is 4.04. The van der Waals surface area contributed by atoms with Gasteiger partial charge in [-0.1, -0.05) is 23.2 Å². The minimum atomic E-state index is -3.43. The molecule has 0 amide bonds. The lowest BCUT2D eigenvalue weighted by atomic mass is 10.3. The number of halogens is 2. The van der Waals surface area contributed by atoms with Crippen LogP contribution in [0.15, 0.2) is 6.07 Å². The minimum absolute atomic E-state index is 0.0502. The van der Waals surface area contributed by atoms with Crippen molar-refractivity contribution in [1.82, 2.24) is 4.98 Å². The van der Waals surface area contributed by atoms with E-state index >= 15 is 0 Å². The van der Waals surface area contributed by atoms with E-state index in [4.69, 9.17) is 23.2 Å². The van der Waals surface area contributed by atoms with Gasteiger partial charge in [0.15, 0.2) is 5.15 Å². The van der Waals surface area contributed by atoms with Gasteiger partial charge in [0.2, 0.25) is 10.0 Å². The Morgan fingerprint density at radius 2 is 1.94 bits per heavy atom. The molecule has 0 aliphatic carbocycles. The van der Waals surface area contributed by atoms with E-state index in [1.165, 1.54) is 0 Å². The van der Waals surface area contributed by atoms with Gasteiger partial charge in [-0.25, -0.2) is 13.4 Å². The zero-order valence-electron chi connectivity index (χ0n) is 9.08. The molecule has 90 valence electrons. The standard InChI is InChI=1S/C9H12Cl2N2O2S/c1-5(2)16(14,15)13-8-6(3)4-7(10)12-9(8)11/h4-5,13H,1-3H3. The first-order chi connectivity index (χ1) is 7.24. The molecule has 1 aromatic rings. The number of nitrogens with one attached hydrogen (secondary N) is 1. The van der Waals surface area contributed by atoms with Crippen molar-refractivity contribution >= 4 is 38.9 Å². The monoisotopic (exact) mass is 282 g/mol. The van der Waals surface area contributed by atoms with Gasteiger partial charge in [-0.3, -0.25) is 4.72 Å². The van der Waals surface area contributed by atoms with Gasteiger partial charge in [0.05, 0.1) is 10.9 Å². The summed E-state index contributed by atoms with van der Waals surface area (Å²) in [6.07, 6.45) is 0. The Balaban J connectivity index is 3.17. The van der Waals surface area contributed by atoms with Crippen LogP contribution in [0, 0.1) is 6.92 Å². The van der Waals surface area contributed by atoms with Crippen LogP contribution in [0.2, 0.25) is 10.3 Å². The molecule has 1 N–H and O–H groups in total. The first-order valence-corrected chi connectivity index (χ1v) is 6.88. The van der Waals surface area contributed by atoms with E-state index < -0.39 is 15.3 Å². The van der Waals surface area contributed by atoms with E-state index in [0.29, 0.717) is 5.56 Å². The van der Waals surface area contributed by atoms with Gasteiger partial charge in [-0.2, -0.15) is 0 Å². The molecule has 0 spiro atoms. The first-order valence-electron chi connectivity index (χ1n) is 4.58. The van der Waals surface area contributed by atoms with Crippen LogP contribution in [0.1, 0.15) is 19.4 Å². The van der Waals surface area contributed by atoms with E-state index in [2.05, 4.69) is 9.71 Å². The lowest BCUT2D eigenvalue weighted by molar-refractivity contribution is 0.592. The largest absolute Gasteiger partial charge is 0.280 e. The van der Waals surface area contributed by atoms with E-state index in [0.717, 1.165) is 0 Å². The summed E-state index contributed by atoms with van der Waals surface area (Å²) in [5.41, 5.74) is 0.911. The van der Waals surface area contributed by atoms with Gasteiger partial charge in [0.1, 0.15) is 5.15 Å². The highest BCUT2D eigenvalue weighted by Crippen LogP contribution is 2.27. The van der Waals surface area contributed by atoms with E-state index in [1.54, 1.807) is 26.8 Å². The maximum atomic E-state index is 11.7.